The van der Waals surface area contributed by atoms with Crippen LogP contribution in [0.25, 0.3) is 6.08 Å². The van der Waals surface area contributed by atoms with Crippen molar-refractivity contribution in [3.8, 4) is 0 Å². The summed E-state index contributed by atoms with van der Waals surface area (Å²) in [6, 6.07) is 3.18. The maximum absolute atomic E-state index is 10.9. The van der Waals surface area contributed by atoms with Crippen LogP contribution in [0.4, 0.5) is 0 Å². The Morgan fingerprint density at radius 1 is 0.786 bits per heavy atom. The van der Waals surface area contributed by atoms with Crippen LogP contribution in [0, 0.1) is 0 Å². The number of aromatic nitrogens is 1. The molecule has 1 rings (SSSR count). The molecule has 11 nitrogen and oxygen atoms in total. The maximum atomic E-state index is 10.9. The van der Waals surface area contributed by atoms with Crippen molar-refractivity contribution in [2.24, 2.45) is 0 Å². The quantitative estimate of drug-likeness (QED) is 0.345. The number of hydrogen-bond acceptors (Lipinski definition) is 7. The largest absolute Gasteiger partial charge is 0.480 e. The number of rotatable bonds is 13. The van der Waals surface area contributed by atoms with Gasteiger partial charge in [0.25, 0.3) is 0 Å². The lowest BCUT2D eigenvalue weighted by Crippen LogP contribution is -2.35. The van der Waals surface area contributed by atoms with E-state index in [0.717, 1.165) is 9.80 Å². The molecule has 0 unspecified atom stereocenters. The SMILES string of the molecule is C=Cc1cc(CN(CC(=O)O)CC(=O)O)nc(CN(CC(=O)O)CC(=O)O)c1. The zero-order valence-electron chi connectivity index (χ0n) is 14.9. The van der Waals surface area contributed by atoms with Crippen LogP contribution < -0.4 is 0 Å². The molecule has 0 fully saturated rings. The third-order valence-corrected chi connectivity index (χ3v) is 3.40. The van der Waals surface area contributed by atoms with Crippen molar-refractivity contribution in [1.29, 1.82) is 0 Å². The van der Waals surface area contributed by atoms with Crippen molar-refractivity contribution in [3.05, 3.63) is 35.7 Å². The monoisotopic (exact) mass is 395 g/mol. The summed E-state index contributed by atoms with van der Waals surface area (Å²) in [5, 5.41) is 35.7. The molecule has 11 heteroatoms. The molecule has 1 heterocycles. The molecule has 0 aliphatic heterocycles. The minimum absolute atomic E-state index is 0.0782. The highest BCUT2D eigenvalue weighted by Crippen LogP contribution is 2.12. The second-order valence-corrected chi connectivity index (χ2v) is 5.95. The minimum Gasteiger partial charge on any atom is -0.480 e. The molecule has 1 aromatic heterocycles. The summed E-state index contributed by atoms with van der Waals surface area (Å²) in [7, 11) is 0. The van der Waals surface area contributed by atoms with Gasteiger partial charge in [0, 0.05) is 13.1 Å². The van der Waals surface area contributed by atoms with Crippen LogP contribution in [0.2, 0.25) is 0 Å². The Kier molecular flexibility index (Phi) is 8.72. The van der Waals surface area contributed by atoms with Crippen molar-refractivity contribution in [2.75, 3.05) is 26.2 Å². The van der Waals surface area contributed by atoms with E-state index in [1.54, 1.807) is 12.1 Å². The van der Waals surface area contributed by atoms with Crippen LogP contribution in [0.1, 0.15) is 17.0 Å². The van der Waals surface area contributed by atoms with Crippen LogP contribution in [0.15, 0.2) is 18.7 Å². The highest BCUT2D eigenvalue weighted by molar-refractivity contribution is 5.73. The minimum atomic E-state index is -1.20. The lowest BCUT2D eigenvalue weighted by atomic mass is 10.1. The summed E-state index contributed by atoms with van der Waals surface area (Å²) in [4.78, 5) is 50.3. The van der Waals surface area contributed by atoms with E-state index in [1.807, 2.05) is 0 Å². The molecule has 0 saturated carbocycles. The van der Waals surface area contributed by atoms with Crippen molar-refractivity contribution in [1.82, 2.24) is 14.8 Å². The Hall–Kier alpha value is -3.31. The summed E-state index contributed by atoms with van der Waals surface area (Å²) < 4.78 is 0. The average molecular weight is 395 g/mol. The number of carboxylic acids is 4. The first kappa shape index (κ1) is 22.7. The zero-order valence-corrected chi connectivity index (χ0v) is 14.9. The maximum Gasteiger partial charge on any atom is 0.317 e. The lowest BCUT2D eigenvalue weighted by molar-refractivity contribution is -0.144. The molecule has 0 spiro atoms. The molecule has 28 heavy (non-hydrogen) atoms. The van der Waals surface area contributed by atoms with Gasteiger partial charge in [-0.15, -0.1) is 0 Å². The Bertz CT molecular complexity index is 677. The Labute approximate surface area is 160 Å². The number of pyridine rings is 1. The standard InChI is InChI=1S/C17H21N3O8/c1-2-11-3-12(5-19(7-14(21)22)8-15(23)24)18-13(4-11)6-20(9-16(25)26)10-17(27)28/h2-4H,1,5-10H2,(H,21,22)(H,23,24)(H,25,26)(H,27,28). The predicted octanol–water partition coefficient (Wildman–Crippen LogP) is -0.333. The van der Waals surface area contributed by atoms with Gasteiger partial charge in [0.1, 0.15) is 0 Å². The molecule has 4 N–H and O–H groups in total. The van der Waals surface area contributed by atoms with E-state index in [2.05, 4.69) is 11.6 Å². The van der Waals surface area contributed by atoms with Crippen LogP contribution in [-0.2, 0) is 32.3 Å². The summed E-state index contributed by atoms with van der Waals surface area (Å²) in [5.41, 5.74) is 1.29. The van der Waals surface area contributed by atoms with Crippen LogP contribution in [-0.4, -0.2) is 85.3 Å². The topological polar surface area (TPSA) is 169 Å². The molecule has 0 atom stereocenters. The second-order valence-electron chi connectivity index (χ2n) is 5.95. The Morgan fingerprint density at radius 2 is 1.11 bits per heavy atom. The van der Waals surface area contributed by atoms with Crippen molar-refractivity contribution >= 4 is 30.0 Å². The van der Waals surface area contributed by atoms with Crippen molar-refractivity contribution in [3.63, 3.8) is 0 Å². The average Bonchev–Trinajstić information content (AvgIpc) is 2.51. The lowest BCUT2D eigenvalue weighted by Gasteiger charge is -2.20. The number of nitrogens with zero attached hydrogens (tertiary/aromatic N) is 3. The van der Waals surface area contributed by atoms with Gasteiger partial charge in [0.05, 0.1) is 37.6 Å². The Balaban J connectivity index is 3.09. The van der Waals surface area contributed by atoms with Gasteiger partial charge in [0.2, 0.25) is 0 Å². The van der Waals surface area contributed by atoms with Crippen molar-refractivity contribution < 1.29 is 39.6 Å². The summed E-state index contributed by atoms with van der Waals surface area (Å²) in [5.74, 6) is -4.79. The van der Waals surface area contributed by atoms with E-state index < -0.39 is 50.1 Å². The van der Waals surface area contributed by atoms with Crippen LogP contribution in [0.3, 0.4) is 0 Å². The summed E-state index contributed by atoms with van der Waals surface area (Å²) >= 11 is 0. The summed E-state index contributed by atoms with van der Waals surface area (Å²) in [6.07, 6.45) is 1.49. The van der Waals surface area contributed by atoms with E-state index >= 15 is 0 Å². The normalized spacial score (nSPS) is 10.8. The molecule has 152 valence electrons. The fraction of sp³-hybridized carbons (Fsp3) is 0.353. The molecule has 0 radical (unpaired) electrons. The highest BCUT2D eigenvalue weighted by atomic mass is 16.4. The van der Waals surface area contributed by atoms with Crippen LogP contribution in [0.5, 0.6) is 0 Å². The van der Waals surface area contributed by atoms with E-state index in [4.69, 9.17) is 20.4 Å². The molecule has 0 bridgehead atoms. The molecular weight excluding hydrogens is 374 g/mol. The number of carbonyl (C=O) groups is 4. The Morgan fingerprint density at radius 3 is 1.36 bits per heavy atom. The van der Waals surface area contributed by atoms with E-state index in [1.165, 1.54) is 6.08 Å². The molecule has 0 aliphatic rings. The molecule has 0 saturated heterocycles. The van der Waals surface area contributed by atoms with Gasteiger partial charge in [-0.05, 0) is 17.7 Å². The molecule has 0 amide bonds. The number of carboxylic acid groups (broad SMARTS) is 4. The van der Waals surface area contributed by atoms with Gasteiger partial charge in [0.15, 0.2) is 0 Å². The third kappa shape index (κ3) is 8.87. The van der Waals surface area contributed by atoms with Gasteiger partial charge in [-0.1, -0.05) is 12.7 Å². The van der Waals surface area contributed by atoms with E-state index in [-0.39, 0.29) is 13.1 Å². The fourth-order valence-electron chi connectivity index (χ4n) is 2.51. The van der Waals surface area contributed by atoms with Gasteiger partial charge in [-0.2, -0.15) is 0 Å². The number of aliphatic carboxylic acids is 4. The van der Waals surface area contributed by atoms with Crippen molar-refractivity contribution in [2.45, 2.75) is 13.1 Å². The van der Waals surface area contributed by atoms with Gasteiger partial charge < -0.3 is 20.4 Å². The van der Waals surface area contributed by atoms with E-state index in [9.17, 15) is 19.2 Å². The number of hydrogen-bond donors (Lipinski definition) is 4. The molecule has 0 aliphatic carbocycles. The highest BCUT2D eigenvalue weighted by Gasteiger charge is 2.18. The van der Waals surface area contributed by atoms with E-state index in [0.29, 0.717) is 17.0 Å². The van der Waals surface area contributed by atoms with Gasteiger partial charge in [-0.25, -0.2) is 0 Å². The molecule has 1 aromatic rings. The molecular formula is C17H21N3O8. The predicted molar refractivity (Wildman–Crippen MR) is 95.4 cm³/mol. The fourth-order valence-corrected chi connectivity index (χ4v) is 2.51. The van der Waals surface area contributed by atoms with Gasteiger partial charge >= 0.3 is 23.9 Å². The smallest absolute Gasteiger partial charge is 0.317 e. The molecule has 0 aromatic carbocycles. The first-order valence-corrected chi connectivity index (χ1v) is 8.03. The zero-order chi connectivity index (χ0) is 21.3. The first-order valence-electron chi connectivity index (χ1n) is 8.03. The third-order valence-electron chi connectivity index (χ3n) is 3.40. The van der Waals surface area contributed by atoms with Gasteiger partial charge in [-0.3, -0.25) is 34.0 Å². The van der Waals surface area contributed by atoms with Crippen LogP contribution >= 0.6 is 0 Å². The first-order chi connectivity index (χ1) is 13.1. The second kappa shape index (κ2) is 10.7. The summed E-state index contributed by atoms with van der Waals surface area (Å²) in [6.45, 7) is 1.44.